The minimum absolute atomic E-state index is 0.105. The number of nitrogens with two attached hydrogens (primary N) is 1. The van der Waals surface area contributed by atoms with Gasteiger partial charge in [-0.1, -0.05) is 35.9 Å². The number of rotatable bonds is 3. The molecule has 144 valence electrons. The lowest BCUT2D eigenvalue weighted by molar-refractivity contribution is -0.137. The van der Waals surface area contributed by atoms with Crippen LogP contribution in [0.5, 0.6) is 0 Å². The molecule has 10 heteroatoms. The van der Waals surface area contributed by atoms with Crippen LogP contribution in [0.1, 0.15) is 28.3 Å². The number of halogens is 4. The maximum absolute atomic E-state index is 13.4. The molecule has 0 saturated heterocycles. The third-order valence-corrected chi connectivity index (χ3v) is 4.67. The normalized spacial score (nSPS) is 13.5. The minimum atomic E-state index is -4.51. The fraction of sp³-hybridized carbons (Fsp3) is 0.167. The Hall–Kier alpha value is -2.75. The third kappa shape index (κ3) is 3.17. The number of hydrogen-bond acceptors (Lipinski definition) is 5. The first kappa shape index (κ1) is 18.6. The van der Waals surface area contributed by atoms with Crippen molar-refractivity contribution in [3.05, 3.63) is 75.8 Å². The van der Waals surface area contributed by atoms with Gasteiger partial charge in [0.15, 0.2) is 11.6 Å². The molecule has 0 fully saturated rings. The minimum Gasteiger partial charge on any atom is -0.296 e. The first-order chi connectivity index (χ1) is 13.4. The van der Waals surface area contributed by atoms with Gasteiger partial charge in [0, 0.05) is 16.1 Å². The van der Waals surface area contributed by atoms with Crippen molar-refractivity contribution in [3.8, 4) is 5.69 Å². The van der Waals surface area contributed by atoms with E-state index in [9.17, 15) is 13.2 Å². The second-order valence-corrected chi connectivity index (χ2v) is 6.46. The number of alkyl halides is 3. The first-order valence-electron chi connectivity index (χ1n) is 8.16. The monoisotopic (exact) mass is 407 g/mol. The van der Waals surface area contributed by atoms with Gasteiger partial charge in [-0.3, -0.25) is 14.4 Å². The standard InChI is InChI=1S/C18H13ClF3N5O/c19-13-4-2-1-3-11(13)17-12-6-5-10(18(20,21)22)7-14(12)27-15(8-24-17)25-26-16(27)9-28-23/h1-7H,8-9,23H2. The molecule has 0 bridgehead atoms. The molecule has 1 aromatic heterocycles. The van der Waals surface area contributed by atoms with E-state index in [2.05, 4.69) is 20.0 Å². The highest BCUT2D eigenvalue weighted by molar-refractivity contribution is 6.35. The van der Waals surface area contributed by atoms with Crippen LogP contribution in [0.15, 0.2) is 47.5 Å². The Kier molecular flexibility index (Phi) is 4.66. The van der Waals surface area contributed by atoms with Gasteiger partial charge in [-0.25, -0.2) is 5.90 Å². The van der Waals surface area contributed by atoms with Crippen LogP contribution in [0.3, 0.4) is 0 Å². The van der Waals surface area contributed by atoms with Gasteiger partial charge in [-0.15, -0.1) is 10.2 Å². The van der Waals surface area contributed by atoms with E-state index in [1.165, 1.54) is 10.6 Å². The summed E-state index contributed by atoms with van der Waals surface area (Å²) in [5, 5.41) is 8.44. The summed E-state index contributed by atoms with van der Waals surface area (Å²) < 4.78 is 41.6. The van der Waals surface area contributed by atoms with Gasteiger partial charge in [0.25, 0.3) is 0 Å². The van der Waals surface area contributed by atoms with Crippen LogP contribution in [0.25, 0.3) is 5.69 Å². The summed E-state index contributed by atoms with van der Waals surface area (Å²) in [6.07, 6.45) is -4.51. The van der Waals surface area contributed by atoms with Gasteiger partial charge in [0.2, 0.25) is 0 Å². The van der Waals surface area contributed by atoms with Crippen LogP contribution < -0.4 is 5.90 Å². The highest BCUT2D eigenvalue weighted by Gasteiger charge is 2.33. The number of aliphatic imine (C=N–C) groups is 1. The van der Waals surface area contributed by atoms with Gasteiger partial charge in [-0.2, -0.15) is 13.2 Å². The molecule has 0 atom stereocenters. The van der Waals surface area contributed by atoms with E-state index in [4.69, 9.17) is 17.5 Å². The lowest BCUT2D eigenvalue weighted by Crippen LogP contribution is -2.14. The summed E-state index contributed by atoms with van der Waals surface area (Å²) in [6, 6.07) is 10.4. The van der Waals surface area contributed by atoms with Crippen molar-refractivity contribution in [1.29, 1.82) is 0 Å². The molecule has 1 aliphatic rings. The predicted octanol–water partition coefficient (Wildman–Crippen LogP) is 3.68. The number of fused-ring (bicyclic) bond motifs is 3. The summed E-state index contributed by atoms with van der Waals surface area (Å²) in [6.45, 7) is -0.0156. The first-order valence-corrected chi connectivity index (χ1v) is 8.54. The molecular weight excluding hydrogens is 395 g/mol. The molecule has 1 aliphatic heterocycles. The Labute approximate surface area is 162 Å². The van der Waals surface area contributed by atoms with Crippen molar-refractivity contribution >= 4 is 17.3 Å². The molecule has 0 amide bonds. The number of benzene rings is 2. The summed E-state index contributed by atoms with van der Waals surface area (Å²) >= 11 is 6.32. The molecule has 0 saturated carbocycles. The smallest absolute Gasteiger partial charge is 0.296 e. The highest BCUT2D eigenvalue weighted by Crippen LogP contribution is 2.35. The molecule has 0 spiro atoms. The lowest BCUT2D eigenvalue weighted by Gasteiger charge is -2.16. The van der Waals surface area contributed by atoms with Gasteiger partial charge in [-0.05, 0) is 18.2 Å². The van der Waals surface area contributed by atoms with Crippen molar-refractivity contribution in [1.82, 2.24) is 14.8 Å². The zero-order chi connectivity index (χ0) is 19.9. The SMILES string of the molecule is NOCc1nnc2n1-c1cc(C(F)(F)F)ccc1C(c1ccccc1Cl)=NC2. The van der Waals surface area contributed by atoms with Crippen molar-refractivity contribution in [2.24, 2.45) is 10.9 Å². The summed E-state index contributed by atoms with van der Waals surface area (Å²) in [5.74, 6) is 5.78. The van der Waals surface area contributed by atoms with Gasteiger partial charge >= 0.3 is 6.18 Å². The Morgan fingerprint density at radius 3 is 2.61 bits per heavy atom. The molecule has 2 aromatic carbocycles. The molecule has 28 heavy (non-hydrogen) atoms. The average molecular weight is 408 g/mol. The van der Waals surface area contributed by atoms with Gasteiger partial charge in [0.1, 0.15) is 13.2 Å². The van der Waals surface area contributed by atoms with E-state index in [0.29, 0.717) is 27.7 Å². The number of hydrogen-bond donors (Lipinski definition) is 1. The van der Waals surface area contributed by atoms with Crippen LogP contribution in [0.4, 0.5) is 13.2 Å². The van der Waals surface area contributed by atoms with Crippen LogP contribution >= 0.6 is 11.6 Å². The van der Waals surface area contributed by atoms with Crippen LogP contribution in [0, 0.1) is 0 Å². The maximum Gasteiger partial charge on any atom is 0.416 e. The van der Waals surface area contributed by atoms with Gasteiger partial charge in [0.05, 0.1) is 17.0 Å². The Morgan fingerprint density at radius 1 is 1.11 bits per heavy atom. The molecule has 0 radical (unpaired) electrons. The Bertz CT molecular complexity index is 1080. The fourth-order valence-electron chi connectivity index (χ4n) is 3.11. The molecule has 6 nitrogen and oxygen atoms in total. The van der Waals surface area contributed by atoms with E-state index < -0.39 is 11.7 Å². The Balaban J connectivity index is 1.99. The van der Waals surface area contributed by atoms with Gasteiger partial charge < -0.3 is 0 Å². The molecule has 3 aromatic rings. The van der Waals surface area contributed by atoms with Crippen LogP contribution in [-0.2, 0) is 24.2 Å². The van der Waals surface area contributed by atoms with E-state index in [1.54, 1.807) is 24.3 Å². The summed E-state index contributed by atoms with van der Waals surface area (Å²) in [4.78, 5) is 9.19. The zero-order valence-corrected chi connectivity index (χ0v) is 15.0. The largest absolute Gasteiger partial charge is 0.416 e. The number of aromatic nitrogens is 3. The molecule has 2 heterocycles. The average Bonchev–Trinajstić information content (AvgIpc) is 2.97. The molecule has 0 unspecified atom stereocenters. The molecule has 0 aliphatic carbocycles. The van der Waals surface area contributed by atoms with E-state index in [1.807, 2.05) is 0 Å². The lowest BCUT2D eigenvalue weighted by atomic mass is 9.98. The van der Waals surface area contributed by atoms with Crippen molar-refractivity contribution in [3.63, 3.8) is 0 Å². The van der Waals surface area contributed by atoms with Crippen LogP contribution in [-0.4, -0.2) is 20.5 Å². The van der Waals surface area contributed by atoms with E-state index in [-0.39, 0.29) is 24.7 Å². The summed E-state index contributed by atoms with van der Waals surface area (Å²) in [7, 11) is 0. The maximum atomic E-state index is 13.4. The Morgan fingerprint density at radius 2 is 1.89 bits per heavy atom. The predicted molar refractivity (Wildman–Crippen MR) is 96.1 cm³/mol. The molecule has 4 rings (SSSR count). The van der Waals surface area contributed by atoms with Crippen molar-refractivity contribution in [2.45, 2.75) is 19.3 Å². The van der Waals surface area contributed by atoms with E-state index in [0.717, 1.165) is 12.1 Å². The second kappa shape index (κ2) is 7.01. The second-order valence-electron chi connectivity index (χ2n) is 6.05. The molecular formula is C18H13ClF3N5O. The van der Waals surface area contributed by atoms with Crippen molar-refractivity contribution < 1.29 is 18.0 Å². The van der Waals surface area contributed by atoms with Crippen molar-refractivity contribution in [2.75, 3.05) is 0 Å². The third-order valence-electron chi connectivity index (χ3n) is 4.34. The fourth-order valence-corrected chi connectivity index (χ4v) is 3.34. The topological polar surface area (TPSA) is 78.3 Å². The zero-order valence-electron chi connectivity index (χ0n) is 14.2. The molecule has 2 N–H and O–H groups in total. The quantitative estimate of drug-likeness (QED) is 0.672. The summed E-state index contributed by atoms with van der Waals surface area (Å²) in [5.41, 5.74) is 0.988. The number of nitrogens with zero attached hydrogens (tertiary/aromatic N) is 4. The highest BCUT2D eigenvalue weighted by atomic mass is 35.5. The van der Waals surface area contributed by atoms with Crippen LogP contribution in [0.2, 0.25) is 5.02 Å². The van der Waals surface area contributed by atoms with E-state index >= 15 is 0 Å².